The van der Waals surface area contributed by atoms with Crippen molar-refractivity contribution in [3.05, 3.63) is 89.5 Å². The van der Waals surface area contributed by atoms with E-state index in [-0.39, 0.29) is 24.7 Å². The van der Waals surface area contributed by atoms with Gasteiger partial charge in [-0.25, -0.2) is 0 Å². The average Bonchev–Trinajstić information content (AvgIpc) is 3.40. The van der Waals surface area contributed by atoms with E-state index >= 15 is 0 Å². The summed E-state index contributed by atoms with van der Waals surface area (Å²) in [6.07, 6.45) is -0.181. The van der Waals surface area contributed by atoms with Gasteiger partial charge in [0.1, 0.15) is 6.04 Å². The minimum Gasteiger partial charge on any atom is -0.481 e. The first kappa shape index (κ1) is 29.8. The van der Waals surface area contributed by atoms with Gasteiger partial charge < -0.3 is 26.1 Å². The highest BCUT2D eigenvalue weighted by atomic mass is 16.7. The summed E-state index contributed by atoms with van der Waals surface area (Å²) in [7, 11) is 0. The van der Waals surface area contributed by atoms with E-state index in [1.807, 2.05) is 56.3 Å². The number of Topliss-reactive ketones (excluding diaryl/α,β-unsaturated/α-hetero) is 1. The Morgan fingerprint density at radius 2 is 1.71 bits per heavy atom. The van der Waals surface area contributed by atoms with Crippen molar-refractivity contribution in [3.8, 4) is 0 Å². The Morgan fingerprint density at radius 1 is 1.02 bits per heavy atom. The number of carboxylic acid groups (broad SMARTS) is 1. The van der Waals surface area contributed by atoms with Crippen molar-refractivity contribution < 1.29 is 33.9 Å². The third kappa shape index (κ3) is 6.76. The standard InChI is InChI=1S/C31H31N5O6/c1-19(2)28(35-29(40)23-14-8-12-21-11-6-7-13-22(21)23)25-17-31(42-36-25,16-20-9-4-3-5-10-20)30(41)34-24(15-27(38)39)26(37)18-33-32/h3-14,18-19,24,28H,15-17H2,1-2H3,(H,34,41)(H,35,40)(H,38,39)/t24-,28-,31?/m0/s1. The maximum atomic E-state index is 13.8. The lowest BCUT2D eigenvalue weighted by molar-refractivity contribution is -0.147. The predicted octanol–water partition coefficient (Wildman–Crippen LogP) is 3.18. The van der Waals surface area contributed by atoms with Gasteiger partial charge in [0.25, 0.3) is 17.6 Å². The van der Waals surface area contributed by atoms with Crippen LogP contribution in [-0.4, -0.2) is 63.1 Å². The summed E-state index contributed by atoms with van der Waals surface area (Å²) in [6.45, 7) is 3.81. The number of carbonyl (C=O) groups excluding carboxylic acids is 3. The average molecular weight is 570 g/mol. The Balaban J connectivity index is 1.62. The number of amides is 2. The quantitative estimate of drug-likeness (QED) is 0.172. The first-order valence-electron chi connectivity index (χ1n) is 13.4. The lowest BCUT2D eigenvalue weighted by Crippen LogP contribution is -2.55. The molecule has 3 atom stereocenters. The largest absolute Gasteiger partial charge is 0.481 e. The number of oxime groups is 1. The van der Waals surface area contributed by atoms with Crippen molar-refractivity contribution in [2.45, 2.75) is 50.8 Å². The SMILES string of the molecule is CC(C)[C@H](NC(=O)c1cccc2ccccc12)C1=NOC(Cc2ccccc2)(C(=O)N[C@@H](CC(=O)O)C(=O)C=[N+]=[N-])C1. The van der Waals surface area contributed by atoms with E-state index in [0.717, 1.165) is 16.3 Å². The lowest BCUT2D eigenvalue weighted by Gasteiger charge is -2.28. The fraction of sp³-hybridized carbons (Fsp3) is 0.290. The molecule has 216 valence electrons. The number of fused-ring (bicyclic) bond motifs is 1. The molecule has 42 heavy (non-hydrogen) atoms. The Morgan fingerprint density at radius 3 is 2.40 bits per heavy atom. The summed E-state index contributed by atoms with van der Waals surface area (Å²) < 4.78 is 0. The number of hydrogen-bond donors (Lipinski definition) is 3. The molecule has 1 heterocycles. The molecule has 11 heteroatoms. The predicted molar refractivity (Wildman–Crippen MR) is 155 cm³/mol. The molecule has 1 aliphatic rings. The molecular weight excluding hydrogens is 538 g/mol. The molecule has 4 rings (SSSR count). The fourth-order valence-electron chi connectivity index (χ4n) is 5.00. The number of nitrogens with zero attached hydrogens (tertiary/aromatic N) is 3. The molecule has 0 spiro atoms. The van der Waals surface area contributed by atoms with Gasteiger partial charge in [-0.05, 0) is 28.3 Å². The van der Waals surface area contributed by atoms with Crippen LogP contribution in [0.5, 0.6) is 0 Å². The summed E-state index contributed by atoms with van der Waals surface area (Å²) in [5.41, 5.74) is 8.80. The smallest absolute Gasteiger partial charge is 0.325 e. The Kier molecular flexibility index (Phi) is 9.24. The molecule has 0 radical (unpaired) electrons. The molecule has 11 nitrogen and oxygen atoms in total. The molecule has 0 fully saturated rings. The number of nitrogens with one attached hydrogen (secondary N) is 2. The first-order chi connectivity index (χ1) is 20.1. The minimum atomic E-state index is -1.64. The number of hydrogen-bond acceptors (Lipinski definition) is 6. The molecule has 3 N–H and O–H groups in total. The summed E-state index contributed by atoms with van der Waals surface area (Å²) in [5, 5.41) is 20.8. The molecule has 3 aromatic rings. The van der Waals surface area contributed by atoms with E-state index in [9.17, 15) is 24.3 Å². The Hall–Kier alpha value is -5.15. The van der Waals surface area contributed by atoms with Crippen LogP contribution < -0.4 is 10.6 Å². The van der Waals surface area contributed by atoms with Crippen LogP contribution in [0.2, 0.25) is 0 Å². The maximum Gasteiger partial charge on any atom is 0.325 e. The van der Waals surface area contributed by atoms with Gasteiger partial charge in [-0.2, -0.15) is 4.79 Å². The van der Waals surface area contributed by atoms with Gasteiger partial charge in [-0.3, -0.25) is 19.2 Å². The van der Waals surface area contributed by atoms with Crippen molar-refractivity contribution in [1.29, 1.82) is 0 Å². The molecule has 1 unspecified atom stereocenters. The van der Waals surface area contributed by atoms with Crippen molar-refractivity contribution >= 4 is 46.3 Å². The van der Waals surface area contributed by atoms with Crippen LogP contribution in [0.4, 0.5) is 0 Å². The monoisotopic (exact) mass is 569 g/mol. The first-order valence-corrected chi connectivity index (χ1v) is 13.4. The summed E-state index contributed by atoms with van der Waals surface area (Å²) in [6, 6.07) is 19.9. The van der Waals surface area contributed by atoms with Crippen LogP contribution in [0.1, 0.15) is 42.6 Å². The number of aliphatic carboxylic acids is 1. The number of carboxylic acids is 1. The van der Waals surface area contributed by atoms with Crippen molar-refractivity contribution in [2.24, 2.45) is 11.1 Å². The molecule has 0 aromatic heterocycles. The van der Waals surface area contributed by atoms with Crippen molar-refractivity contribution in [1.82, 2.24) is 10.6 Å². The van der Waals surface area contributed by atoms with Crippen LogP contribution in [-0.2, 0) is 25.6 Å². The Labute approximate surface area is 242 Å². The summed E-state index contributed by atoms with van der Waals surface area (Å²) in [4.78, 5) is 59.5. The molecule has 0 saturated heterocycles. The second-order valence-electron chi connectivity index (χ2n) is 10.5. The molecular formula is C31H31N5O6. The molecule has 3 aromatic carbocycles. The fourth-order valence-corrected chi connectivity index (χ4v) is 5.00. The second kappa shape index (κ2) is 13.0. The normalized spacial score (nSPS) is 17.4. The van der Waals surface area contributed by atoms with Crippen LogP contribution in [0.15, 0.2) is 78.0 Å². The van der Waals surface area contributed by atoms with Gasteiger partial charge in [0.15, 0.2) is 0 Å². The van der Waals surface area contributed by atoms with Gasteiger partial charge in [0.2, 0.25) is 5.60 Å². The highest BCUT2D eigenvalue weighted by Crippen LogP contribution is 2.32. The zero-order valence-electron chi connectivity index (χ0n) is 23.2. The third-order valence-electron chi connectivity index (χ3n) is 7.11. The van der Waals surface area contributed by atoms with Gasteiger partial charge in [-0.15, -0.1) is 0 Å². The number of rotatable bonds is 12. The molecule has 2 amide bonds. The van der Waals surface area contributed by atoms with Crippen molar-refractivity contribution in [3.63, 3.8) is 0 Å². The van der Waals surface area contributed by atoms with E-state index in [1.54, 1.807) is 30.3 Å². The van der Waals surface area contributed by atoms with Crippen LogP contribution in [0, 0.1) is 5.92 Å². The third-order valence-corrected chi connectivity index (χ3v) is 7.11. The zero-order valence-corrected chi connectivity index (χ0v) is 23.2. The highest BCUT2D eigenvalue weighted by molar-refractivity contribution is 6.28. The molecule has 1 aliphatic heterocycles. The summed E-state index contributed by atoms with van der Waals surface area (Å²) >= 11 is 0. The highest BCUT2D eigenvalue weighted by Gasteiger charge is 2.49. The number of benzene rings is 3. The van der Waals surface area contributed by atoms with Crippen LogP contribution in [0.25, 0.3) is 16.3 Å². The van der Waals surface area contributed by atoms with Gasteiger partial charge >= 0.3 is 12.2 Å². The van der Waals surface area contributed by atoms with Crippen LogP contribution in [0.3, 0.4) is 0 Å². The Bertz CT molecular complexity index is 1580. The van der Waals surface area contributed by atoms with E-state index in [4.69, 9.17) is 10.4 Å². The minimum absolute atomic E-state index is 0.0333. The van der Waals surface area contributed by atoms with E-state index < -0.39 is 41.8 Å². The van der Waals surface area contributed by atoms with E-state index in [0.29, 0.717) is 17.5 Å². The molecule has 0 bridgehead atoms. The second-order valence-corrected chi connectivity index (χ2v) is 10.5. The van der Waals surface area contributed by atoms with Gasteiger partial charge in [-0.1, -0.05) is 85.7 Å². The van der Waals surface area contributed by atoms with Gasteiger partial charge in [0, 0.05) is 18.4 Å². The van der Waals surface area contributed by atoms with Gasteiger partial charge in [0.05, 0.1) is 18.2 Å². The molecule has 0 aliphatic carbocycles. The number of ketones is 1. The number of carbonyl (C=O) groups is 4. The maximum absolute atomic E-state index is 13.8. The van der Waals surface area contributed by atoms with E-state index in [2.05, 4.69) is 20.6 Å². The zero-order chi connectivity index (χ0) is 30.3. The van der Waals surface area contributed by atoms with Crippen LogP contribution >= 0.6 is 0 Å². The topological polar surface area (TPSA) is 171 Å². The van der Waals surface area contributed by atoms with E-state index in [1.165, 1.54) is 0 Å². The lowest BCUT2D eigenvalue weighted by atomic mass is 9.84. The molecule has 0 saturated carbocycles. The van der Waals surface area contributed by atoms with Crippen molar-refractivity contribution in [2.75, 3.05) is 0 Å². The summed E-state index contributed by atoms with van der Waals surface area (Å²) in [5.74, 6) is -3.45.